The molecule has 8 nitrogen and oxygen atoms in total. The van der Waals surface area contributed by atoms with E-state index < -0.39 is 11.9 Å². The summed E-state index contributed by atoms with van der Waals surface area (Å²) in [6.45, 7) is 2.41. The molecule has 0 bridgehead atoms. The molecule has 1 fully saturated rings. The molecule has 1 aliphatic heterocycles. The molecule has 0 radical (unpaired) electrons. The Morgan fingerprint density at radius 1 is 1.14 bits per heavy atom. The second-order valence-electron chi connectivity index (χ2n) is 7.89. The van der Waals surface area contributed by atoms with Gasteiger partial charge in [-0.2, -0.15) is 0 Å². The number of ether oxygens (including phenoxy) is 1. The number of carboxylic acids is 1. The molecule has 35 heavy (non-hydrogen) atoms. The predicted molar refractivity (Wildman–Crippen MR) is 132 cm³/mol. The van der Waals surface area contributed by atoms with Gasteiger partial charge in [0.05, 0.1) is 17.2 Å². The van der Waals surface area contributed by atoms with Crippen LogP contribution in [-0.4, -0.2) is 45.3 Å². The van der Waals surface area contributed by atoms with Crippen LogP contribution in [0.2, 0.25) is 0 Å². The van der Waals surface area contributed by atoms with Gasteiger partial charge in [0.15, 0.2) is 0 Å². The first-order valence-electron chi connectivity index (χ1n) is 11.1. The van der Waals surface area contributed by atoms with Crippen LogP contribution in [0.15, 0.2) is 63.9 Å². The van der Waals surface area contributed by atoms with Gasteiger partial charge in [0.25, 0.3) is 11.1 Å². The molecule has 0 atom stereocenters. The number of nitrogens with zero attached hydrogens (tertiary/aromatic N) is 2. The van der Waals surface area contributed by atoms with Crippen molar-refractivity contribution in [3.05, 3.63) is 76.5 Å². The van der Waals surface area contributed by atoms with Gasteiger partial charge in [0.2, 0.25) is 5.89 Å². The van der Waals surface area contributed by atoms with Gasteiger partial charge in [-0.1, -0.05) is 30.3 Å². The summed E-state index contributed by atoms with van der Waals surface area (Å²) in [5.74, 6) is 0.674. The predicted octanol–water partition coefficient (Wildman–Crippen LogP) is 5.17. The summed E-state index contributed by atoms with van der Waals surface area (Å²) < 4.78 is 11.6. The fourth-order valence-corrected chi connectivity index (χ4v) is 4.39. The van der Waals surface area contributed by atoms with E-state index in [4.69, 9.17) is 14.3 Å². The zero-order valence-corrected chi connectivity index (χ0v) is 19.9. The van der Waals surface area contributed by atoms with Gasteiger partial charge in [-0.25, -0.2) is 4.98 Å². The Morgan fingerprint density at radius 2 is 1.89 bits per heavy atom. The Hall–Kier alpha value is -3.85. The van der Waals surface area contributed by atoms with Crippen LogP contribution in [0, 0.1) is 6.92 Å². The molecule has 1 aromatic heterocycles. The maximum absolute atomic E-state index is 12.5. The standard InChI is InChI=1S/C26H24N2O6S/c1-17-21(27-24(34-17)19-6-3-2-4-7-19)13-15-33-20-11-9-18(10-12-20)16-22-25(31)28(26(32)35-22)14-5-8-23(29)30/h2-4,6-7,9-12,16H,5,8,13-15H2,1H3,(H,29,30)/b22-16-. The zero-order valence-electron chi connectivity index (χ0n) is 19.1. The van der Waals surface area contributed by atoms with Gasteiger partial charge < -0.3 is 14.3 Å². The van der Waals surface area contributed by atoms with Gasteiger partial charge >= 0.3 is 5.97 Å². The number of thioether (sulfide) groups is 1. The van der Waals surface area contributed by atoms with Gasteiger partial charge in [-0.3, -0.25) is 19.3 Å². The van der Waals surface area contributed by atoms with E-state index in [1.54, 1.807) is 18.2 Å². The highest BCUT2D eigenvalue weighted by atomic mass is 32.2. The van der Waals surface area contributed by atoms with E-state index in [2.05, 4.69) is 4.98 Å². The highest BCUT2D eigenvalue weighted by molar-refractivity contribution is 8.18. The Kier molecular flexibility index (Phi) is 7.67. The molecule has 2 amide bonds. The number of rotatable bonds is 10. The summed E-state index contributed by atoms with van der Waals surface area (Å²) in [5.41, 5.74) is 2.53. The van der Waals surface area contributed by atoms with E-state index >= 15 is 0 Å². The lowest BCUT2D eigenvalue weighted by atomic mass is 10.2. The number of carbonyl (C=O) groups is 3. The van der Waals surface area contributed by atoms with Gasteiger partial charge in [-0.05, 0) is 61.0 Å². The minimum atomic E-state index is -0.956. The zero-order chi connectivity index (χ0) is 24.8. The number of hydrogen-bond donors (Lipinski definition) is 1. The fraction of sp³-hybridized carbons (Fsp3) is 0.231. The lowest BCUT2D eigenvalue weighted by Gasteiger charge is -2.10. The molecule has 0 unspecified atom stereocenters. The maximum atomic E-state index is 12.5. The third kappa shape index (κ3) is 6.19. The molecule has 3 aromatic rings. The Balaban J connectivity index is 1.31. The molecule has 2 aromatic carbocycles. The van der Waals surface area contributed by atoms with Crippen molar-refractivity contribution >= 4 is 35.0 Å². The fourth-order valence-electron chi connectivity index (χ4n) is 3.52. The van der Waals surface area contributed by atoms with Crippen molar-refractivity contribution in [3.63, 3.8) is 0 Å². The van der Waals surface area contributed by atoms with Gasteiger partial charge in [-0.15, -0.1) is 0 Å². The van der Waals surface area contributed by atoms with E-state index in [0.29, 0.717) is 29.6 Å². The van der Waals surface area contributed by atoms with Crippen LogP contribution >= 0.6 is 11.8 Å². The average Bonchev–Trinajstić information content (AvgIpc) is 3.34. The lowest BCUT2D eigenvalue weighted by molar-refractivity contribution is -0.137. The third-order valence-corrected chi connectivity index (χ3v) is 6.25. The summed E-state index contributed by atoms with van der Waals surface area (Å²) >= 11 is 0.857. The van der Waals surface area contributed by atoms with Crippen LogP contribution in [0.4, 0.5) is 4.79 Å². The van der Waals surface area contributed by atoms with Crippen molar-refractivity contribution in [2.24, 2.45) is 0 Å². The normalized spacial score (nSPS) is 14.7. The molecule has 1 N–H and O–H groups in total. The maximum Gasteiger partial charge on any atom is 0.303 e. The van der Waals surface area contributed by atoms with Gasteiger partial charge in [0.1, 0.15) is 11.5 Å². The molecule has 4 rings (SSSR count). The lowest BCUT2D eigenvalue weighted by Crippen LogP contribution is -2.29. The van der Waals surface area contributed by atoms with Crippen LogP contribution in [0.5, 0.6) is 5.75 Å². The quantitative estimate of drug-likeness (QED) is 0.386. The number of benzene rings is 2. The number of carboxylic acid groups (broad SMARTS) is 1. The highest BCUT2D eigenvalue weighted by Crippen LogP contribution is 2.32. The van der Waals surface area contributed by atoms with Crippen LogP contribution in [-0.2, 0) is 16.0 Å². The molecule has 180 valence electrons. The van der Waals surface area contributed by atoms with Crippen molar-refractivity contribution in [1.29, 1.82) is 0 Å². The largest absolute Gasteiger partial charge is 0.493 e. The Morgan fingerprint density at radius 3 is 2.60 bits per heavy atom. The molecule has 1 aliphatic rings. The first-order chi connectivity index (χ1) is 16.9. The number of aromatic nitrogens is 1. The molecule has 1 saturated heterocycles. The van der Waals surface area contributed by atoms with Crippen molar-refractivity contribution in [3.8, 4) is 17.2 Å². The van der Waals surface area contributed by atoms with Gasteiger partial charge in [0, 0.05) is 24.9 Å². The van der Waals surface area contributed by atoms with Crippen molar-refractivity contribution < 1.29 is 28.6 Å². The van der Waals surface area contributed by atoms with Crippen LogP contribution in [0.3, 0.4) is 0 Å². The van der Waals surface area contributed by atoms with Crippen LogP contribution < -0.4 is 4.74 Å². The third-order valence-electron chi connectivity index (χ3n) is 5.34. The van der Waals surface area contributed by atoms with E-state index in [9.17, 15) is 14.4 Å². The van der Waals surface area contributed by atoms with E-state index in [1.165, 1.54) is 0 Å². The molecule has 2 heterocycles. The minimum absolute atomic E-state index is 0.0906. The van der Waals surface area contributed by atoms with Crippen LogP contribution in [0.1, 0.15) is 29.9 Å². The number of hydrogen-bond acceptors (Lipinski definition) is 7. The molecular weight excluding hydrogens is 468 g/mol. The van der Waals surface area contributed by atoms with Crippen LogP contribution in [0.25, 0.3) is 17.5 Å². The number of aryl methyl sites for hydroxylation is 1. The molecular formula is C26H24N2O6S. The number of oxazole rings is 1. The number of carbonyl (C=O) groups excluding carboxylic acids is 2. The molecule has 0 aliphatic carbocycles. The van der Waals surface area contributed by atoms with E-state index in [-0.39, 0.29) is 24.6 Å². The Bertz CT molecular complexity index is 1250. The van der Waals surface area contributed by atoms with Crippen molar-refractivity contribution in [2.75, 3.05) is 13.2 Å². The second-order valence-corrected chi connectivity index (χ2v) is 8.88. The average molecular weight is 493 g/mol. The first-order valence-corrected chi connectivity index (χ1v) is 11.9. The number of imide groups is 1. The van der Waals surface area contributed by atoms with E-state index in [1.807, 2.05) is 49.4 Å². The monoisotopic (exact) mass is 492 g/mol. The SMILES string of the molecule is Cc1oc(-c2ccccc2)nc1CCOc1ccc(/C=C2\SC(=O)N(CCCC(=O)O)C2=O)cc1. The summed E-state index contributed by atoms with van der Waals surface area (Å²) in [5, 5.41) is 8.35. The Labute approximate surface area is 206 Å². The smallest absolute Gasteiger partial charge is 0.303 e. The summed E-state index contributed by atoms with van der Waals surface area (Å²) in [6, 6.07) is 16.9. The van der Waals surface area contributed by atoms with Crippen molar-refractivity contribution in [2.45, 2.75) is 26.2 Å². The summed E-state index contributed by atoms with van der Waals surface area (Å²) in [4.78, 5) is 41.2. The summed E-state index contributed by atoms with van der Waals surface area (Å²) in [7, 11) is 0. The highest BCUT2D eigenvalue weighted by Gasteiger charge is 2.34. The molecule has 0 spiro atoms. The first kappa shape index (κ1) is 24.3. The minimum Gasteiger partial charge on any atom is -0.493 e. The number of amides is 2. The topological polar surface area (TPSA) is 110 Å². The molecule has 9 heteroatoms. The molecule has 0 saturated carbocycles. The number of aliphatic carboxylic acids is 1. The van der Waals surface area contributed by atoms with E-state index in [0.717, 1.165) is 39.2 Å². The van der Waals surface area contributed by atoms with Crippen molar-refractivity contribution in [1.82, 2.24) is 9.88 Å². The second kappa shape index (κ2) is 11.1. The summed E-state index contributed by atoms with van der Waals surface area (Å²) in [6.07, 6.45) is 2.38.